The number of aromatic amines is 2. The summed E-state index contributed by atoms with van der Waals surface area (Å²) in [6.07, 6.45) is 6.69. The number of aryl methyl sites for hydroxylation is 2. The lowest BCUT2D eigenvalue weighted by Crippen LogP contribution is -2.51. The molecule has 0 saturated carbocycles. The summed E-state index contributed by atoms with van der Waals surface area (Å²) in [7, 11) is 2.62. The van der Waals surface area contributed by atoms with E-state index in [0.29, 0.717) is 36.6 Å². The first-order valence-electron chi connectivity index (χ1n) is 20.5. The minimum absolute atomic E-state index is 0.0141. The first kappa shape index (κ1) is 40.7. The van der Waals surface area contributed by atoms with Gasteiger partial charge in [0, 0.05) is 29.9 Å². The average molecular weight is 796 g/mol. The van der Waals surface area contributed by atoms with E-state index >= 15 is 4.39 Å². The van der Waals surface area contributed by atoms with E-state index in [0.717, 1.165) is 78.0 Å². The molecule has 14 heteroatoms. The number of nitrogens with one attached hydrogen (secondary N) is 3. The van der Waals surface area contributed by atoms with E-state index < -0.39 is 23.9 Å². The molecule has 13 nitrogen and oxygen atoms in total. The molecule has 3 aliphatic rings. The number of aromatic nitrogens is 4. The number of imidazole rings is 2. The Labute approximate surface area is 338 Å². The molecular weight excluding hydrogens is 742 g/mol. The summed E-state index contributed by atoms with van der Waals surface area (Å²) >= 11 is 0. The number of nitrogens with zero attached hydrogens (tertiary/aromatic N) is 4. The maximum absolute atomic E-state index is 15.9. The third-order valence-electron chi connectivity index (χ3n) is 12.0. The van der Waals surface area contributed by atoms with Crippen molar-refractivity contribution in [3.8, 4) is 33.6 Å². The van der Waals surface area contributed by atoms with Gasteiger partial charge in [0.15, 0.2) is 0 Å². The summed E-state index contributed by atoms with van der Waals surface area (Å²) in [5.74, 6) is -0.310. The number of hydrogen-bond acceptors (Lipinski definition) is 8. The van der Waals surface area contributed by atoms with Crippen LogP contribution in [0, 0.1) is 23.6 Å². The number of benzene rings is 2. The van der Waals surface area contributed by atoms with E-state index in [-0.39, 0.29) is 48.1 Å². The Hall–Kier alpha value is -5.53. The summed E-state index contributed by atoms with van der Waals surface area (Å²) in [6, 6.07) is 10.1. The van der Waals surface area contributed by atoms with Crippen molar-refractivity contribution in [1.29, 1.82) is 0 Å². The Morgan fingerprint density at radius 3 is 2.16 bits per heavy atom. The number of ether oxygens (including phenoxy) is 2. The van der Waals surface area contributed by atoms with Crippen LogP contribution in [0.3, 0.4) is 0 Å². The predicted molar refractivity (Wildman–Crippen MR) is 216 cm³/mol. The number of amides is 3. The number of halogens is 1. The Balaban J connectivity index is 1.08. The van der Waals surface area contributed by atoms with Crippen LogP contribution in [-0.2, 0) is 36.7 Å². The molecule has 0 unspecified atom stereocenters. The van der Waals surface area contributed by atoms with Gasteiger partial charge >= 0.3 is 12.1 Å². The van der Waals surface area contributed by atoms with Gasteiger partial charge in [-0.25, -0.2) is 19.2 Å². The molecule has 0 bridgehead atoms. The molecule has 2 aliphatic heterocycles. The molecule has 58 heavy (non-hydrogen) atoms. The molecule has 2 aromatic carbocycles. The summed E-state index contributed by atoms with van der Waals surface area (Å²) in [5, 5.41) is 2.66. The highest BCUT2D eigenvalue weighted by molar-refractivity contribution is 5.87. The summed E-state index contributed by atoms with van der Waals surface area (Å²) in [4.78, 5) is 71.7. The van der Waals surface area contributed by atoms with E-state index in [2.05, 4.69) is 32.4 Å². The molecule has 7 rings (SSSR count). The zero-order chi connectivity index (χ0) is 41.2. The zero-order valence-corrected chi connectivity index (χ0v) is 34.2. The van der Waals surface area contributed by atoms with Crippen molar-refractivity contribution in [2.45, 2.75) is 97.2 Å². The lowest BCUT2D eigenvalue weighted by Gasteiger charge is -2.30. The minimum atomic E-state index is -0.747. The van der Waals surface area contributed by atoms with Crippen LogP contribution in [0.2, 0.25) is 0 Å². The van der Waals surface area contributed by atoms with E-state index in [9.17, 15) is 19.2 Å². The second kappa shape index (κ2) is 17.1. The molecule has 3 amide bonds. The molecule has 2 saturated heterocycles. The lowest BCUT2D eigenvalue weighted by atomic mass is 9.90. The van der Waals surface area contributed by atoms with Gasteiger partial charge in [0.1, 0.15) is 23.5 Å². The quantitative estimate of drug-likeness (QED) is 0.133. The molecule has 0 radical (unpaired) electrons. The standard InChI is InChI=1S/C44H54FN7O6/c1-24(2)31(22-37(53)57-5)42(54)51-18-9-13-36(51)41-47-33-11-7-10-28-20-26(14-16-29(28)39(33)49-41)27-15-17-30(32(45)21-27)34-23-46-40(48-34)35-12-8-19-52(35)43(55)38(25(3)4)50-44(56)58-6/h14-17,20-21,23-25,31,35-36,38H,7-13,18-19,22H2,1-6H3,(H,46,48)(H,47,49)(H,50,56)/t31-,35-,36-,38-/m0/s1. The number of rotatable bonds is 11. The number of likely N-dealkylation sites (tertiary alicyclic amines) is 2. The van der Waals surface area contributed by atoms with Crippen molar-refractivity contribution in [1.82, 2.24) is 35.1 Å². The molecule has 4 heterocycles. The van der Waals surface area contributed by atoms with Crippen molar-refractivity contribution in [3.05, 3.63) is 71.3 Å². The lowest BCUT2D eigenvalue weighted by molar-refractivity contribution is -0.148. The van der Waals surface area contributed by atoms with Gasteiger partial charge in [0.05, 0.1) is 56.2 Å². The molecular formula is C44H54FN7O6. The van der Waals surface area contributed by atoms with Gasteiger partial charge in [-0.15, -0.1) is 0 Å². The Kier molecular flexibility index (Phi) is 12.0. The molecule has 4 atom stereocenters. The second-order valence-corrected chi connectivity index (χ2v) is 16.4. The van der Waals surface area contributed by atoms with Gasteiger partial charge in [0.25, 0.3) is 0 Å². The normalized spacial score (nSPS) is 18.8. The maximum atomic E-state index is 15.9. The largest absolute Gasteiger partial charge is 0.469 e. The monoisotopic (exact) mass is 795 g/mol. The van der Waals surface area contributed by atoms with E-state index in [1.165, 1.54) is 14.2 Å². The van der Waals surface area contributed by atoms with E-state index in [4.69, 9.17) is 14.5 Å². The molecule has 1 aliphatic carbocycles. The molecule has 2 aromatic heterocycles. The van der Waals surface area contributed by atoms with Crippen LogP contribution in [0.4, 0.5) is 9.18 Å². The highest BCUT2D eigenvalue weighted by Gasteiger charge is 2.39. The highest BCUT2D eigenvalue weighted by atomic mass is 19.1. The van der Waals surface area contributed by atoms with Crippen LogP contribution in [-0.4, -0.2) is 87.0 Å². The van der Waals surface area contributed by atoms with Crippen LogP contribution >= 0.6 is 0 Å². The minimum Gasteiger partial charge on any atom is -0.469 e. The van der Waals surface area contributed by atoms with Crippen LogP contribution in [0.1, 0.15) is 101 Å². The number of fused-ring (bicyclic) bond motifs is 3. The van der Waals surface area contributed by atoms with Crippen LogP contribution in [0.5, 0.6) is 0 Å². The second-order valence-electron chi connectivity index (χ2n) is 16.4. The number of H-pyrrole nitrogens is 2. The first-order chi connectivity index (χ1) is 27.9. The molecule has 0 spiro atoms. The molecule has 4 aromatic rings. The van der Waals surface area contributed by atoms with Gasteiger partial charge in [-0.1, -0.05) is 52.0 Å². The van der Waals surface area contributed by atoms with Crippen molar-refractivity contribution in [2.24, 2.45) is 17.8 Å². The fourth-order valence-corrected chi connectivity index (χ4v) is 8.81. The summed E-state index contributed by atoms with van der Waals surface area (Å²) in [6.45, 7) is 8.80. The van der Waals surface area contributed by atoms with Crippen molar-refractivity contribution >= 4 is 23.9 Å². The van der Waals surface area contributed by atoms with Crippen molar-refractivity contribution in [3.63, 3.8) is 0 Å². The SMILES string of the molecule is COC(=O)C[C@H](C(=O)N1CCC[C@H]1c1nc2c([nH]1)CCCc1cc(-c3ccc(-c4cnc([C@@H]5CCCN5C(=O)[C@@H](NC(=O)OC)C(C)C)[nH]4)c(F)c3)ccc1-2)C(C)C. The fraction of sp³-hybridized carbons (Fsp3) is 0.500. The number of hydrogen-bond donors (Lipinski definition) is 3. The zero-order valence-electron chi connectivity index (χ0n) is 34.2. The Morgan fingerprint density at radius 1 is 0.828 bits per heavy atom. The fourth-order valence-electron chi connectivity index (χ4n) is 8.81. The van der Waals surface area contributed by atoms with Gasteiger partial charge in [0.2, 0.25) is 11.8 Å². The van der Waals surface area contributed by atoms with Gasteiger partial charge in [-0.3, -0.25) is 14.4 Å². The number of carbonyl (C=O) groups is 4. The molecule has 308 valence electrons. The van der Waals surface area contributed by atoms with E-state index in [1.54, 1.807) is 23.2 Å². The molecule has 2 fully saturated rings. The average Bonchev–Trinajstić information content (AvgIpc) is 4.04. The van der Waals surface area contributed by atoms with E-state index in [1.807, 2.05) is 44.7 Å². The number of methoxy groups -OCH3 is 2. The summed E-state index contributed by atoms with van der Waals surface area (Å²) < 4.78 is 25.6. The topological polar surface area (TPSA) is 163 Å². The Bertz CT molecular complexity index is 2180. The third kappa shape index (κ3) is 8.10. The van der Waals surface area contributed by atoms with Gasteiger partial charge < -0.3 is 34.6 Å². The van der Waals surface area contributed by atoms with Crippen molar-refractivity contribution in [2.75, 3.05) is 27.3 Å². The Morgan fingerprint density at radius 2 is 1.50 bits per heavy atom. The first-order valence-corrected chi connectivity index (χ1v) is 20.5. The highest BCUT2D eigenvalue weighted by Crippen LogP contribution is 2.40. The number of alkyl carbamates (subject to hydrolysis) is 1. The third-order valence-corrected chi connectivity index (χ3v) is 12.0. The number of carbonyl (C=O) groups excluding carboxylic acids is 4. The maximum Gasteiger partial charge on any atom is 0.407 e. The van der Waals surface area contributed by atoms with Gasteiger partial charge in [-0.2, -0.15) is 0 Å². The van der Waals surface area contributed by atoms with Crippen LogP contribution in [0.25, 0.3) is 33.6 Å². The van der Waals surface area contributed by atoms with Crippen LogP contribution < -0.4 is 5.32 Å². The summed E-state index contributed by atoms with van der Waals surface area (Å²) in [5.41, 5.74) is 6.63. The van der Waals surface area contributed by atoms with Gasteiger partial charge in [-0.05, 0) is 85.6 Å². The smallest absolute Gasteiger partial charge is 0.407 e. The molecule has 3 N–H and O–H groups in total. The van der Waals surface area contributed by atoms with Crippen LogP contribution in [0.15, 0.2) is 42.6 Å². The van der Waals surface area contributed by atoms with Crippen molar-refractivity contribution < 1.29 is 33.0 Å². The predicted octanol–water partition coefficient (Wildman–Crippen LogP) is 7.30. The number of esters is 1.